The molecule has 0 saturated heterocycles. The molecule has 0 bridgehead atoms. The van der Waals surface area contributed by atoms with Crippen LogP contribution in [0.15, 0.2) is 24.5 Å². The zero-order valence-electron chi connectivity index (χ0n) is 10.9. The molecule has 0 spiro atoms. The number of nitrogens with one attached hydrogen (secondary N) is 1. The Kier molecular flexibility index (Phi) is 4.61. The topological polar surface area (TPSA) is 46.9 Å². The first kappa shape index (κ1) is 14.1. The van der Waals surface area contributed by atoms with E-state index in [9.17, 15) is 4.79 Å². The Hall–Kier alpha value is -1.33. The molecule has 0 aliphatic carbocycles. The van der Waals surface area contributed by atoms with Crippen LogP contribution in [-0.2, 0) is 17.9 Å². The summed E-state index contributed by atoms with van der Waals surface area (Å²) in [6.07, 6.45) is 3.55. The Morgan fingerprint density at radius 2 is 2.32 bits per heavy atom. The summed E-state index contributed by atoms with van der Waals surface area (Å²) >= 11 is 7.32. The van der Waals surface area contributed by atoms with Gasteiger partial charge in [-0.3, -0.25) is 4.79 Å². The van der Waals surface area contributed by atoms with Gasteiger partial charge in [-0.25, -0.2) is 4.98 Å². The largest absolute Gasteiger partial charge is 0.350 e. The second-order valence-corrected chi connectivity index (χ2v) is 6.35. The summed E-state index contributed by atoms with van der Waals surface area (Å²) in [6.45, 7) is 4.93. The highest BCUT2D eigenvalue weighted by Gasteiger charge is 2.10. The summed E-state index contributed by atoms with van der Waals surface area (Å²) in [5, 5.41) is 2.88. The molecule has 19 heavy (non-hydrogen) atoms. The fourth-order valence-electron chi connectivity index (χ4n) is 1.80. The minimum absolute atomic E-state index is 0.0237. The Labute approximate surface area is 121 Å². The molecule has 0 saturated carbocycles. The lowest BCUT2D eigenvalue weighted by molar-refractivity contribution is -0.121. The zero-order chi connectivity index (χ0) is 13.8. The van der Waals surface area contributed by atoms with Crippen LogP contribution >= 0.6 is 22.9 Å². The van der Waals surface area contributed by atoms with E-state index in [2.05, 4.69) is 24.1 Å². The minimum Gasteiger partial charge on any atom is -0.350 e. The van der Waals surface area contributed by atoms with Crippen molar-refractivity contribution in [2.75, 3.05) is 0 Å². The first-order valence-electron chi connectivity index (χ1n) is 6.08. The summed E-state index contributed by atoms with van der Waals surface area (Å²) in [5.41, 5.74) is 0. The maximum absolute atomic E-state index is 11.9. The second-order valence-electron chi connectivity index (χ2n) is 4.55. The minimum atomic E-state index is -0.0237. The van der Waals surface area contributed by atoms with Crippen LogP contribution in [0.4, 0.5) is 0 Å². The maximum atomic E-state index is 11.9. The fourth-order valence-corrected chi connectivity index (χ4v) is 2.83. The van der Waals surface area contributed by atoms with Gasteiger partial charge in [0, 0.05) is 23.2 Å². The molecule has 4 nitrogen and oxygen atoms in total. The van der Waals surface area contributed by atoms with Crippen LogP contribution in [0.2, 0.25) is 4.34 Å². The summed E-state index contributed by atoms with van der Waals surface area (Å²) in [4.78, 5) is 17.2. The number of carbonyl (C=O) groups excluding carboxylic acids is 1. The summed E-state index contributed by atoms with van der Waals surface area (Å²) in [6, 6.07) is 3.75. The molecule has 6 heteroatoms. The highest BCUT2D eigenvalue weighted by Crippen LogP contribution is 2.21. The molecule has 1 amide bonds. The van der Waals surface area contributed by atoms with Crippen LogP contribution in [0.5, 0.6) is 0 Å². The standard InChI is InChI=1S/C13H16ClN3OS/c1-9(2)13-15-5-6-17(13)8-12(18)16-7-10-3-4-11(14)19-10/h3-6,9H,7-8H2,1-2H3,(H,16,18). The van der Waals surface area contributed by atoms with E-state index in [1.54, 1.807) is 6.20 Å². The van der Waals surface area contributed by atoms with Crippen molar-refractivity contribution in [2.45, 2.75) is 32.9 Å². The molecule has 0 fully saturated rings. The Balaban J connectivity index is 1.89. The van der Waals surface area contributed by atoms with E-state index >= 15 is 0 Å². The van der Waals surface area contributed by atoms with Gasteiger partial charge in [0.25, 0.3) is 0 Å². The van der Waals surface area contributed by atoms with Crippen molar-refractivity contribution < 1.29 is 4.79 Å². The molecule has 102 valence electrons. The molecular weight excluding hydrogens is 282 g/mol. The average molecular weight is 298 g/mol. The second kappa shape index (κ2) is 6.21. The Morgan fingerprint density at radius 1 is 1.53 bits per heavy atom. The van der Waals surface area contributed by atoms with Gasteiger partial charge >= 0.3 is 0 Å². The molecule has 2 aromatic rings. The number of hydrogen-bond acceptors (Lipinski definition) is 3. The molecule has 1 N–H and O–H groups in total. The van der Waals surface area contributed by atoms with Crippen LogP contribution in [0.1, 0.15) is 30.5 Å². The van der Waals surface area contributed by atoms with Gasteiger partial charge in [0.05, 0.1) is 10.9 Å². The summed E-state index contributed by atoms with van der Waals surface area (Å²) in [7, 11) is 0. The highest BCUT2D eigenvalue weighted by atomic mass is 35.5. The lowest BCUT2D eigenvalue weighted by Gasteiger charge is -2.10. The third-order valence-electron chi connectivity index (χ3n) is 2.67. The number of nitrogens with zero attached hydrogens (tertiary/aromatic N) is 2. The fraction of sp³-hybridized carbons (Fsp3) is 0.385. The maximum Gasteiger partial charge on any atom is 0.240 e. The quantitative estimate of drug-likeness (QED) is 0.922. The molecule has 0 atom stereocenters. The van der Waals surface area contributed by atoms with Gasteiger partial charge in [0.15, 0.2) is 0 Å². The van der Waals surface area contributed by atoms with Crippen molar-refractivity contribution in [2.24, 2.45) is 0 Å². The van der Waals surface area contributed by atoms with Crippen molar-refractivity contribution in [1.29, 1.82) is 0 Å². The summed E-state index contributed by atoms with van der Waals surface area (Å²) in [5.74, 6) is 1.21. The molecule has 0 aromatic carbocycles. The molecule has 2 aromatic heterocycles. The molecular formula is C13H16ClN3OS. The van der Waals surface area contributed by atoms with Crippen molar-refractivity contribution >= 4 is 28.8 Å². The van der Waals surface area contributed by atoms with Gasteiger partial charge in [-0.2, -0.15) is 0 Å². The first-order chi connectivity index (χ1) is 9.06. The van der Waals surface area contributed by atoms with E-state index in [0.717, 1.165) is 15.0 Å². The van der Waals surface area contributed by atoms with Crippen LogP contribution in [-0.4, -0.2) is 15.5 Å². The predicted octanol–water partition coefficient (Wildman–Crippen LogP) is 3.04. The monoisotopic (exact) mass is 297 g/mol. The number of hydrogen-bond donors (Lipinski definition) is 1. The lowest BCUT2D eigenvalue weighted by atomic mass is 10.2. The third-order valence-corrected chi connectivity index (χ3v) is 3.90. The predicted molar refractivity (Wildman–Crippen MR) is 77.5 cm³/mol. The van der Waals surface area contributed by atoms with E-state index in [-0.39, 0.29) is 5.91 Å². The van der Waals surface area contributed by atoms with Crippen molar-refractivity contribution in [3.63, 3.8) is 0 Å². The number of carbonyl (C=O) groups is 1. The number of amides is 1. The van der Waals surface area contributed by atoms with Gasteiger partial charge in [-0.1, -0.05) is 25.4 Å². The molecule has 2 heterocycles. The van der Waals surface area contributed by atoms with Gasteiger partial charge < -0.3 is 9.88 Å². The molecule has 0 aliphatic heterocycles. The molecule has 0 radical (unpaired) electrons. The van der Waals surface area contributed by atoms with Gasteiger partial charge in [0.1, 0.15) is 12.4 Å². The first-order valence-corrected chi connectivity index (χ1v) is 7.27. The smallest absolute Gasteiger partial charge is 0.240 e. The van der Waals surface area contributed by atoms with Crippen LogP contribution in [0, 0.1) is 0 Å². The zero-order valence-corrected chi connectivity index (χ0v) is 12.5. The average Bonchev–Trinajstić information content (AvgIpc) is 2.95. The normalized spacial score (nSPS) is 10.9. The van der Waals surface area contributed by atoms with Crippen molar-refractivity contribution in [3.05, 3.63) is 39.6 Å². The van der Waals surface area contributed by atoms with E-state index in [4.69, 9.17) is 11.6 Å². The van der Waals surface area contributed by atoms with Gasteiger partial charge in [-0.15, -0.1) is 11.3 Å². The number of thiophene rings is 1. The Bertz CT molecular complexity index is 562. The highest BCUT2D eigenvalue weighted by molar-refractivity contribution is 7.16. The van der Waals surface area contributed by atoms with Crippen molar-refractivity contribution in [3.8, 4) is 0 Å². The van der Waals surface area contributed by atoms with Crippen LogP contribution in [0.3, 0.4) is 0 Å². The molecule has 2 rings (SSSR count). The number of halogens is 1. The van der Waals surface area contributed by atoms with Crippen molar-refractivity contribution in [1.82, 2.24) is 14.9 Å². The summed E-state index contributed by atoms with van der Waals surface area (Å²) < 4.78 is 2.61. The van der Waals surface area contributed by atoms with E-state index < -0.39 is 0 Å². The lowest BCUT2D eigenvalue weighted by Crippen LogP contribution is -2.27. The SMILES string of the molecule is CC(C)c1nccn1CC(=O)NCc1ccc(Cl)s1. The molecule has 0 aliphatic rings. The van der Waals surface area contributed by atoms with Gasteiger partial charge in [0.2, 0.25) is 5.91 Å². The number of imidazole rings is 1. The van der Waals surface area contributed by atoms with Gasteiger partial charge in [-0.05, 0) is 12.1 Å². The van der Waals surface area contributed by atoms with E-state index in [1.165, 1.54) is 11.3 Å². The number of rotatable bonds is 5. The van der Waals surface area contributed by atoms with E-state index in [1.807, 2.05) is 22.9 Å². The third kappa shape index (κ3) is 3.81. The van der Waals surface area contributed by atoms with Crippen LogP contribution in [0.25, 0.3) is 0 Å². The Morgan fingerprint density at radius 3 is 2.95 bits per heavy atom. The van der Waals surface area contributed by atoms with Crippen LogP contribution < -0.4 is 5.32 Å². The molecule has 0 unspecified atom stereocenters. The number of aromatic nitrogens is 2. The van der Waals surface area contributed by atoms with E-state index in [0.29, 0.717) is 19.0 Å².